The maximum absolute atomic E-state index is 11.9. The Labute approximate surface area is 113 Å². The number of nitro groups is 1. The molecule has 0 N–H and O–H groups in total. The second-order valence-corrected chi connectivity index (χ2v) is 4.56. The fourth-order valence-electron chi connectivity index (χ4n) is 1.38. The molecule has 0 bridgehead atoms. The highest BCUT2D eigenvalue weighted by atomic mass is 32.2. The van der Waals surface area contributed by atoms with Gasteiger partial charge in [-0.1, -0.05) is 23.9 Å². The van der Waals surface area contributed by atoms with Gasteiger partial charge in [0, 0.05) is 30.1 Å². The first-order valence-corrected chi connectivity index (χ1v) is 6.32. The Morgan fingerprint density at radius 1 is 1.37 bits per heavy atom. The maximum Gasteiger partial charge on any atom is 0.270 e. The first kappa shape index (κ1) is 13.2. The molecule has 0 radical (unpaired) electrons. The zero-order valence-electron chi connectivity index (χ0n) is 9.72. The molecule has 7 heteroatoms. The van der Waals surface area contributed by atoms with Crippen molar-refractivity contribution in [3.05, 3.63) is 58.5 Å². The van der Waals surface area contributed by atoms with Crippen LogP contribution >= 0.6 is 11.8 Å². The maximum atomic E-state index is 11.9. The SMILES string of the molecule is O=C(CSc1cnccn1)c1cccc([N+](=O)[O-])c1. The minimum absolute atomic E-state index is 0.0876. The number of hydrogen-bond acceptors (Lipinski definition) is 6. The summed E-state index contributed by atoms with van der Waals surface area (Å²) in [5.41, 5.74) is 0.237. The molecular formula is C12H9N3O3S. The van der Waals surface area contributed by atoms with Crippen LogP contribution in [0.5, 0.6) is 0 Å². The number of aromatic nitrogens is 2. The lowest BCUT2D eigenvalue weighted by atomic mass is 10.1. The van der Waals surface area contributed by atoms with Gasteiger partial charge in [-0.3, -0.25) is 19.9 Å². The topological polar surface area (TPSA) is 86.0 Å². The van der Waals surface area contributed by atoms with Crippen LogP contribution in [0, 0.1) is 10.1 Å². The molecule has 0 saturated heterocycles. The third-order valence-corrected chi connectivity index (χ3v) is 3.18. The fraction of sp³-hybridized carbons (Fsp3) is 0.0833. The summed E-state index contributed by atoms with van der Waals surface area (Å²) >= 11 is 1.24. The van der Waals surface area contributed by atoms with E-state index >= 15 is 0 Å². The van der Waals surface area contributed by atoms with Gasteiger partial charge in [0.25, 0.3) is 5.69 Å². The molecule has 0 fully saturated rings. The van der Waals surface area contributed by atoms with Crippen molar-refractivity contribution < 1.29 is 9.72 Å². The van der Waals surface area contributed by atoms with Gasteiger partial charge in [-0.25, -0.2) is 4.98 Å². The predicted octanol–water partition coefficient (Wildman–Crippen LogP) is 2.36. The molecule has 0 spiro atoms. The molecule has 0 aliphatic rings. The molecule has 2 aromatic rings. The zero-order chi connectivity index (χ0) is 13.7. The molecule has 19 heavy (non-hydrogen) atoms. The van der Waals surface area contributed by atoms with Crippen LogP contribution in [0.1, 0.15) is 10.4 Å². The van der Waals surface area contributed by atoms with Gasteiger partial charge in [0.05, 0.1) is 16.9 Å². The van der Waals surface area contributed by atoms with Gasteiger partial charge in [-0.15, -0.1) is 0 Å². The molecule has 2 rings (SSSR count). The number of carbonyl (C=O) groups excluding carboxylic acids is 1. The number of nitro benzene ring substituents is 1. The number of Topliss-reactive ketones (excluding diaryl/α,β-unsaturated/α-hetero) is 1. The van der Waals surface area contributed by atoms with Gasteiger partial charge in [-0.2, -0.15) is 0 Å². The fourth-order valence-corrected chi connectivity index (χ4v) is 2.09. The van der Waals surface area contributed by atoms with Crippen LogP contribution in [0.4, 0.5) is 5.69 Å². The number of ketones is 1. The van der Waals surface area contributed by atoms with E-state index < -0.39 is 4.92 Å². The van der Waals surface area contributed by atoms with Gasteiger partial charge in [0.2, 0.25) is 0 Å². The van der Waals surface area contributed by atoms with Crippen molar-refractivity contribution in [2.75, 3.05) is 5.75 Å². The van der Waals surface area contributed by atoms with E-state index in [1.165, 1.54) is 30.0 Å². The third kappa shape index (κ3) is 3.59. The van der Waals surface area contributed by atoms with Crippen LogP contribution in [0.25, 0.3) is 0 Å². The quantitative estimate of drug-likeness (QED) is 0.360. The van der Waals surface area contributed by atoms with E-state index in [1.54, 1.807) is 24.7 Å². The van der Waals surface area contributed by atoms with E-state index in [4.69, 9.17) is 0 Å². The van der Waals surface area contributed by atoms with E-state index in [0.717, 1.165) is 0 Å². The standard InChI is InChI=1S/C12H9N3O3S/c16-11(8-19-12-7-13-4-5-14-12)9-2-1-3-10(6-9)15(17)18/h1-7H,8H2. The van der Waals surface area contributed by atoms with E-state index in [0.29, 0.717) is 10.6 Å². The Balaban J connectivity index is 2.04. The van der Waals surface area contributed by atoms with Gasteiger partial charge in [-0.05, 0) is 0 Å². The van der Waals surface area contributed by atoms with Crippen LogP contribution < -0.4 is 0 Å². The second kappa shape index (κ2) is 6.05. The molecule has 0 aliphatic carbocycles. The monoisotopic (exact) mass is 275 g/mol. The summed E-state index contributed by atoms with van der Waals surface area (Å²) in [6, 6.07) is 5.69. The Hall–Kier alpha value is -2.28. The lowest BCUT2D eigenvalue weighted by Gasteiger charge is -2.00. The van der Waals surface area contributed by atoms with E-state index in [2.05, 4.69) is 9.97 Å². The first-order chi connectivity index (χ1) is 9.16. The summed E-state index contributed by atoms with van der Waals surface area (Å²) < 4.78 is 0. The van der Waals surface area contributed by atoms with Crippen molar-refractivity contribution in [1.29, 1.82) is 0 Å². The van der Waals surface area contributed by atoms with Crippen LogP contribution in [0.3, 0.4) is 0 Å². The summed E-state index contributed by atoms with van der Waals surface area (Å²) in [7, 11) is 0. The highest BCUT2D eigenvalue weighted by Gasteiger charge is 2.12. The molecule has 0 atom stereocenters. The molecule has 96 valence electrons. The van der Waals surface area contributed by atoms with E-state index in [9.17, 15) is 14.9 Å². The molecule has 1 heterocycles. The molecule has 1 aromatic heterocycles. The lowest BCUT2D eigenvalue weighted by molar-refractivity contribution is -0.384. The summed E-state index contributed by atoms with van der Waals surface area (Å²) in [6.07, 6.45) is 4.65. The number of nitrogens with zero attached hydrogens (tertiary/aromatic N) is 3. The smallest absolute Gasteiger partial charge is 0.270 e. The Morgan fingerprint density at radius 3 is 2.89 bits per heavy atom. The number of carbonyl (C=O) groups is 1. The van der Waals surface area contributed by atoms with E-state index in [1.807, 2.05) is 0 Å². The average molecular weight is 275 g/mol. The summed E-state index contributed by atoms with van der Waals surface area (Å²) in [5.74, 6) is -0.0146. The Bertz CT molecular complexity index is 604. The molecule has 0 amide bonds. The van der Waals surface area contributed by atoms with Crippen LogP contribution in [-0.2, 0) is 0 Å². The highest BCUT2D eigenvalue weighted by Crippen LogP contribution is 2.18. The number of rotatable bonds is 5. The number of benzene rings is 1. The number of thioether (sulfide) groups is 1. The van der Waals surface area contributed by atoms with Crippen molar-refractivity contribution >= 4 is 23.2 Å². The van der Waals surface area contributed by atoms with Gasteiger partial charge in [0.1, 0.15) is 5.03 Å². The minimum atomic E-state index is -0.521. The summed E-state index contributed by atoms with van der Waals surface area (Å²) in [4.78, 5) is 29.9. The average Bonchev–Trinajstić information content (AvgIpc) is 2.46. The van der Waals surface area contributed by atoms with Gasteiger partial charge < -0.3 is 0 Å². The van der Waals surface area contributed by atoms with Crippen molar-refractivity contribution in [2.45, 2.75) is 5.03 Å². The second-order valence-electron chi connectivity index (χ2n) is 3.56. The normalized spacial score (nSPS) is 10.1. The highest BCUT2D eigenvalue weighted by molar-refractivity contribution is 7.99. The molecule has 1 aromatic carbocycles. The van der Waals surface area contributed by atoms with Gasteiger partial charge in [0.15, 0.2) is 5.78 Å². The number of non-ortho nitro benzene ring substituents is 1. The molecule has 0 saturated carbocycles. The van der Waals surface area contributed by atoms with E-state index in [-0.39, 0.29) is 17.2 Å². The minimum Gasteiger partial charge on any atom is -0.293 e. The Kier molecular flexibility index (Phi) is 4.19. The molecule has 0 aliphatic heterocycles. The molecule has 0 unspecified atom stereocenters. The largest absolute Gasteiger partial charge is 0.293 e. The lowest BCUT2D eigenvalue weighted by Crippen LogP contribution is -2.03. The van der Waals surface area contributed by atoms with Crippen LogP contribution in [0.2, 0.25) is 0 Å². The Morgan fingerprint density at radius 2 is 2.21 bits per heavy atom. The van der Waals surface area contributed by atoms with Crippen molar-refractivity contribution in [3.63, 3.8) is 0 Å². The number of hydrogen-bond donors (Lipinski definition) is 0. The first-order valence-electron chi connectivity index (χ1n) is 5.33. The summed E-state index contributed by atoms with van der Waals surface area (Å²) in [6.45, 7) is 0. The van der Waals surface area contributed by atoms with Crippen molar-refractivity contribution in [3.8, 4) is 0 Å². The summed E-state index contributed by atoms with van der Waals surface area (Å²) in [5, 5.41) is 11.3. The van der Waals surface area contributed by atoms with Gasteiger partial charge >= 0.3 is 0 Å². The third-order valence-electron chi connectivity index (χ3n) is 2.27. The zero-order valence-corrected chi connectivity index (χ0v) is 10.5. The van der Waals surface area contributed by atoms with Crippen LogP contribution in [0.15, 0.2) is 47.9 Å². The van der Waals surface area contributed by atoms with Crippen molar-refractivity contribution in [1.82, 2.24) is 9.97 Å². The molecule has 6 nitrogen and oxygen atoms in total. The predicted molar refractivity (Wildman–Crippen MR) is 70.2 cm³/mol. The van der Waals surface area contributed by atoms with Crippen LogP contribution in [-0.4, -0.2) is 26.4 Å². The molecular weight excluding hydrogens is 266 g/mol. The van der Waals surface area contributed by atoms with Crippen molar-refractivity contribution in [2.24, 2.45) is 0 Å².